The first-order valence-corrected chi connectivity index (χ1v) is 13.0. The van der Waals surface area contributed by atoms with Crippen molar-refractivity contribution in [3.8, 4) is 35.1 Å². The van der Waals surface area contributed by atoms with Gasteiger partial charge < -0.3 is 9.51 Å². The molecule has 224 valence electrons. The molecule has 42 heavy (non-hydrogen) atoms. The van der Waals surface area contributed by atoms with Crippen LogP contribution >= 0.6 is 0 Å². The van der Waals surface area contributed by atoms with Crippen LogP contribution in [-0.4, -0.2) is 38.1 Å². The molecule has 4 aromatic rings. The number of halogens is 6. The lowest BCUT2D eigenvalue weighted by Gasteiger charge is -2.30. The SMILES string of the molecule is C.C#Cc1ccc(-c2nc(CN3CCC(c4ncc(-c5ccc(C(F)(F)F)cc5)[nH]4)CC3)no2)cc1C(F)(F)F.CC. The predicted molar refractivity (Wildman–Crippen MR) is 147 cm³/mol. The summed E-state index contributed by atoms with van der Waals surface area (Å²) in [6.45, 7) is 5.75. The molecule has 3 heterocycles. The number of benzene rings is 2. The van der Waals surface area contributed by atoms with Crippen molar-refractivity contribution >= 4 is 0 Å². The average Bonchev–Trinajstić information content (AvgIpc) is 3.64. The maximum absolute atomic E-state index is 13.3. The largest absolute Gasteiger partial charge is 0.417 e. The molecule has 0 atom stereocenters. The fourth-order valence-electron chi connectivity index (χ4n) is 4.57. The van der Waals surface area contributed by atoms with E-state index in [1.807, 2.05) is 19.8 Å². The Morgan fingerprint density at radius 1 is 0.976 bits per heavy atom. The monoisotopic (exact) mass is 591 g/mol. The van der Waals surface area contributed by atoms with Gasteiger partial charge in [0.05, 0.1) is 29.6 Å². The number of alkyl halides is 6. The van der Waals surface area contributed by atoms with Gasteiger partial charge in [0.1, 0.15) is 5.82 Å². The number of hydrogen-bond acceptors (Lipinski definition) is 5. The Kier molecular flexibility index (Phi) is 10.2. The lowest BCUT2D eigenvalue weighted by Crippen LogP contribution is -2.33. The molecule has 1 aliphatic heterocycles. The summed E-state index contributed by atoms with van der Waals surface area (Å²) >= 11 is 0. The van der Waals surface area contributed by atoms with Crippen LogP contribution in [0.25, 0.3) is 22.7 Å². The smallest absolute Gasteiger partial charge is 0.342 e. The second-order valence-corrected chi connectivity index (χ2v) is 9.23. The summed E-state index contributed by atoms with van der Waals surface area (Å²) in [6, 6.07) is 8.42. The summed E-state index contributed by atoms with van der Waals surface area (Å²) < 4.78 is 83.6. The molecule has 2 aromatic heterocycles. The number of likely N-dealkylation sites (tertiary alicyclic amines) is 1. The van der Waals surface area contributed by atoms with E-state index in [0.29, 0.717) is 36.7 Å². The number of nitrogens with one attached hydrogen (secondary N) is 1. The molecule has 0 unspecified atom stereocenters. The summed E-state index contributed by atoms with van der Waals surface area (Å²) in [5.41, 5.74) is -0.533. The highest BCUT2D eigenvalue weighted by molar-refractivity contribution is 5.60. The quantitative estimate of drug-likeness (QED) is 0.187. The van der Waals surface area contributed by atoms with E-state index in [1.165, 1.54) is 24.3 Å². The van der Waals surface area contributed by atoms with E-state index in [2.05, 4.69) is 25.0 Å². The number of rotatable bonds is 5. The van der Waals surface area contributed by atoms with Crippen molar-refractivity contribution < 1.29 is 30.9 Å². The molecule has 1 saturated heterocycles. The highest BCUT2D eigenvalue weighted by Crippen LogP contribution is 2.35. The van der Waals surface area contributed by atoms with Crippen LogP contribution in [0, 0.1) is 12.3 Å². The first kappa shape index (κ1) is 32.4. The minimum atomic E-state index is -4.61. The Bertz CT molecular complexity index is 1490. The van der Waals surface area contributed by atoms with E-state index in [1.54, 1.807) is 6.20 Å². The fraction of sp³-hybridized carbons (Fsp3) is 0.367. The van der Waals surface area contributed by atoms with Gasteiger partial charge in [-0.1, -0.05) is 44.5 Å². The molecule has 12 heteroatoms. The zero-order valence-corrected chi connectivity index (χ0v) is 22.3. The molecule has 1 N–H and O–H groups in total. The zero-order chi connectivity index (χ0) is 29.8. The molecule has 0 radical (unpaired) electrons. The van der Waals surface area contributed by atoms with Gasteiger partial charge in [-0.2, -0.15) is 31.3 Å². The lowest BCUT2D eigenvalue weighted by molar-refractivity contribution is -0.138. The van der Waals surface area contributed by atoms with Crippen molar-refractivity contribution in [2.45, 2.75) is 58.9 Å². The van der Waals surface area contributed by atoms with E-state index in [4.69, 9.17) is 10.9 Å². The van der Waals surface area contributed by atoms with E-state index < -0.39 is 23.5 Å². The van der Waals surface area contributed by atoms with Crippen molar-refractivity contribution in [2.24, 2.45) is 0 Å². The van der Waals surface area contributed by atoms with Gasteiger partial charge in [0, 0.05) is 17.0 Å². The van der Waals surface area contributed by atoms with E-state index in [0.717, 1.165) is 36.9 Å². The predicted octanol–water partition coefficient (Wildman–Crippen LogP) is 8.19. The van der Waals surface area contributed by atoms with Gasteiger partial charge in [0.25, 0.3) is 5.89 Å². The van der Waals surface area contributed by atoms with Crippen LogP contribution in [0.3, 0.4) is 0 Å². The highest BCUT2D eigenvalue weighted by atomic mass is 19.4. The van der Waals surface area contributed by atoms with Crippen LogP contribution < -0.4 is 0 Å². The highest BCUT2D eigenvalue weighted by Gasteiger charge is 2.34. The second-order valence-electron chi connectivity index (χ2n) is 9.23. The molecule has 5 rings (SSSR count). The molecule has 6 nitrogen and oxygen atoms in total. The number of nitrogens with zero attached hydrogens (tertiary/aromatic N) is 4. The van der Waals surface area contributed by atoms with Gasteiger partial charge in [-0.15, -0.1) is 6.42 Å². The van der Waals surface area contributed by atoms with Crippen LogP contribution in [0.4, 0.5) is 26.3 Å². The van der Waals surface area contributed by atoms with Gasteiger partial charge in [0.2, 0.25) is 0 Å². The molecule has 0 spiro atoms. The minimum Gasteiger partial charge on any atom is -0.342 e. The van der Waals surface area contributed by atoms with Crippen LogP contribution in [-0.2, 0) is 18.9 Å². The summed E-state index contributed by atoms with van der Waals surface area (Å²) in [5, 5.41) is 3.92. The van der Waals surface area contributed by atoms with E-state index in [9.17, 15) is 26.3 Å². The Hall–Kier alpha value is -4.11. The standard InChI is InChI=1S/C27H21F6N5O.C2H6.CH4/c1-2-16-3-4-19(13-21(16)27(31,32)33)25-36-23(37-39-25)15-38-11-9-18(10-12-38)24-34-14-22(35-24)17-5-7-20(8-6-17)26(28,29)30;1-2;/h1,3-8,13-14,18H,9-12,15H2,(H,34,35);1-2H3;1H4. The van der Waals surface area contributed by atoms with Crippen LogP contribution in [0.2, 0.25) is 0 Å². The first-order valence-electron chi connectivity index (χ1n) is 13.0. The topological polar surface area (TPSA) is 70.8 Å². The van der Waals surface area contributed by atoms with Crippen LogP contribution in [0.15, 0.2) is 53.2 Å². The Morgan fingerprint density at radius 3 is 2.21 bits per heavy atom. The number of piperidine rings is 1. The van der Waals surface area contributed by atoms with Crippen LogP contribution in [0.1, 0.15) is 68.4 Å². The molecule has 1 fully saturated rings. The third-order valence-electron chi connectivity index (χ3n) is 6.65. The van der Waals surface area contributed by atoms with Crippen molar-refractivity contribution in [1.82, 2.24) is 25.0 Å². The average molecular weight is 592 g/mol. The maximum atomic E-state index is 13.3. The number of imidazole rings is 1. The molecule has 1 aliphatic rings. The second kappa shape index (κ2) is 13.2. The minimum absolute atomic E-state index is 0. The zero-order valence-electron chi connectivity index (χ0n) is 22.3. The Labute approximate surface area is 240 Å². The number of hydrogen-bond donors (Lipinski definition) is 1. The Balaban J connectivity index is 0.00000158. The number of aromatic nitrogens is 4. The molecule has 2 aromatic carbocycles. The van der Waals surface area contributed by atoms with Gasteiger partial charge >= 0.3 is 12.4 Å². The number of H-pyrrole nitrogens is 1. The molecular formula is C30H31F6N5O. The molecule has 0 amide bonds. The first-order chi connectivity index (χ1) is 19.5. The van der Waals surface area contributed by atoms with Gasteiger partial charge in [0.15, 0.2) is 5.82 Å². The molecule has 0 bridgehead atoms. The van der Waals surface area contributed by atoms with Crippen molar-refractivity contribution in [1.29, 1.82) is 0 Å². The molecule has 0 saturated carbocycles. The third-order valence-corrected chi connectivity index (χ3v) is 6.65. The van der Waals surface area contributed by atoms with Crippen molar-refractivity contribution in [3.05, 3.63) is 77.0 Å². The third kappa shape index (κ3) is 7.39. The maximum Gasteiger partial charge on any atom is 0.417 e. The summed E-state index contributed by atoms with van der Waals surface area (Å²) in [6.07, 6.45) is -0.655. The molecular weight excluding hydrogens is 560 g/mol. The molecule has 0 aliphatic carbocycles. The fourth-order valence-corrected chi connectivity index (χ4v) is 4.57. The van der Waals surface area contributed by atoms with Crippen LogP contribution in [0.5, 0.6) is 0 Å². The summed E-state index contributed by atoms with van der Waals surface area (Å²) in [4.78, 5) is 14.0. The van der Waals surface area contributed by atoms with Gasteiger partial charge in [-0.25, -0.2) is 4.98 Å². The Morgan fingerprint density at radius 2 is 1.62 bits per heavy atom. The number of terminal acetylenes is 1. The van der Waals surface area contributed by atoms with E-state index >= 15 is 0 Å². The van der Waals surface area contributed by atoms with Crippen molar-refractivity contribution in [2.75, 3.05) is 13.1 Å². The van der Waals surface area contributed by atoms with E-state index in [-0.39, 0.29) is 30.4 Å². The normalized spacial score (nSPS) is 14.5. The lowest BCUT2D eigenvalue weighted by atomic mass is 9.96. The van der Waals surface area contributed by atoms with Gasteiger partial charge in [-0.05, 0) is 61.8 Å². The van der Waals surface area contributed by atoms with Gasteiger partial charge in [-0.3, -0.25) is 4.90 Å². The summed E-state index contributed by atoms with van der Waals surface area (Å²) in [5.74, 6) is 3.26. The number of aromatic amines is 1. The summed E-state index contributed by atoms with van der Waals surface area (Å²) in [7, 11) is 0. The van der Waals surface area contributed by atoms with Crippen molar-refractivity contribution in [3.63, 3.8) is 0 Å².